The lowest BCUT2D eigenvalue weighted by Gasteiger charge is -2.20. The molecule has 0 atom stereocenters. The van der Waals surface area contributed by atoms with Gasteiger partial charge in [0.2, 0.25) is 0 Å². The molecule has 1 aliphatic rings. The molecule has 0 saturated heterocycles. The number of rotatable bonds is 2. The first kappa shape index (κ1) is 14.1. The molecule has 1 aromatic carbocycles. The standard InChI is InChI=1S/C13H14IN5O2/c1-18(2)17-13(19-8-15-7-16-19)9-5-11-12(6-10(9)14)21-4-3-20-11/h5-8H,3-4H2,1-2H3. The van der Waals surface area contributed by atoms with Gasteiger partial charge in [-0.25, -0.2) is 9.67 Å². The minimum absolute atomic E-state index is 0.552. The van der Waals surface area contributed by atoms with E-state index < -0.39 is 0 Å². The number of ether oxygens (including phenoxy) is 2. The molecule has 0 N–H and O–H groups in total. The Hall–Kier alpha value is -1.84. The second kappa shape index (κ2) is 5.88. The molecule has 0 bridgehead atoms. The third kappa shape index (κ3) is 2.94. The van der Waals surface area contributed by atoms with Gasteiger partial charge in [-0.3, -0.25) is 0 Å². The number of nitrogens with zero attached hydrogens (tertiary/aromatic N) is 5. The largest absolute Gasteiger partial charge is 0.486 e. The molecule has 1 aliphatic heterocycles. The minimum Gasteiger partial charge on any atom is -0.486 e. The molecule has 2 heterocycles. The minimum atomic E-state index is 0.552. The van der Waals surface area contributed by atoms with E-state index in [0.29, 0.717) is 19.0 Å². The fraction of sp³-hybridized carbons (Fsp3) is 0.308. The average molecular weight is 399 g/mol. The fourth-order valence-electron chi connectivity index (χ4n) is 1.97. The molecular formula is C13H14IN5O2. The van der Waals surface area contributed by atoms with Crippen molar-refractivity contribution in [2.45, 2.75) is 0 Å². The van der Waals surface area contributed by atoms with Gasteiger partial charge in [0.15, 0.2) is 17.3 Å². The molecule has 0 spiro atoms. The third-order valence-corrected chi connectivity index (χ3v) is 3.70. The van der Waals surface area contributed by atoms with Crippen LogP contribution < -0.4 is 9.47 Å². The molecule has 0 aliphatic carbocycles. The Balaban J connectivity index is 2.12. The summed E-state index contributed by atoms with van der Waals surface area (Å²) >= 11 is 2.26. The topological polar surface area (TPSA) is 64.8 Å². The summed E-state index contributed by atoms with van der Waals surface area (Å²) in [5, 5.41) is 10.4. The summed E-state index contributed by atoms with van der Waals surface area (Å²) in [6, 6.07) is 3.88. The smallest absolute Gasteiger partial charge is 0.183 e. The van der Waals surface area contributed by atoms with E-state index >= 15 is 0 Å². The average Bonchev–Trinajstić information content (AvgIpc) is 2.98. The van der Waals surface area contributed by atoms with Crippen LogP contribution in [0.4, 0.5) is 0 Å². The lowest BCUT2D eigenvalue weighted by Crippen LogP contribution is -2.21. The first-order chi connectivity index (χ1) is 10.1. The van der Waals surface area contributed by atoms with Crippen LogP contribution in [0.25, 0.3) is 0 Å². The van der Waals surface area contributed by atoms with Crippen LogP contribution in [0.2, 0.25) is 0 Å². The van der Waals surface area contributed by atoms with Crippen LogP contribution in [-0.4, -0.2) is 52.9 Å². The van der Waals surface area contributed by atoms with E-state index in [1.54, 1.807) is 16.0 Å². The Morgan fingerprint density at radius 3 is 2.62 bits per heavy atom. The predicted molar refractivity (Wildman–Crippen MR) is 85.8 cm³/mol. The summed E-state index contributed by atoms with van der Waals surface area (Å²) in [5.74, 6) is 2.17. The van der Waals surface area contributed by atoms with Crippen LogP contribution in [0.5, 0.6) is 11.5 Å². The normalized spacial score (nSPS) is 14.1. The number of hydrogen-bond acceptors (Lipinski definition) is 6. The lowest BCUT2D eigenvalue weighted by atomic mass is 10.1. The van der Waals surface area contributed by atoms with Crippen molar-refractivity contribution in [3.05, 3.63) is 33.9 Å². The van der Waals surface area contributed by atoms with Gasteiger partial charge in [0, 0.05) is 23.2 Å². The van der Waals surface area contributed by atoms with Gasteiger partial charge in [-0.2, -0.15) is 10.2 Å². The number of hydrogen-bond donors (Lipinski definition) is 0. The summed E-state index contributed by atoms with van der Waals surface area (Å²) < 4.78 is 13.9. The first-order valence-electron chi connectivity index (χ1n) is 6.35. The number of halogens is 1. The summed E-state index contributed by atoms with van der Waals surface area (Å²) in [5.41, 5.74) is 0.916. The summed E-state index contributed by atoms with van der Waals surface area (Å²) in [7, 11) is 3.73. The highest BCUT2D eigenvalue weighted by atomic mass is 127. The SMILES string of the molecule is CN(C)N=C(c1cc2c(cc1I)OCCO2)n1cncn1. The summed E-state index contributed by atoms with van der Waals surface area (Å²) in [6.45, 7) is 1.13. The molecule has 1 aromatic heterocycles. The van der Waals surface area contributed by atoms with Crippen molar-refractivity contribution in [3.63, 3.8) is 0 Å². The molecule has 0 radical (unpaired) electrons. The maximum absolute atomic E-state index is 5.65. The monoisotopic (exact) mass is 399 g/mol. The van der Waals surface area contributed by atoms with Crippen molar-refractivity contribution in [3.8, 4) is 11.5 Å². The molecule has 8 heteroatoms. The Morgan fingerprint density at radius 2 is 2.00 bits per heavy atom. The lowest BCUT2D eigenvalue weighted by molar-refractivity contribution is 0.171. The quantitative estimate of drug-likeness (QED) is 0.331. The van der Waals surface area contributed by atoms with E-state index in [-0.39, 0.29) is 0 Å². The predicted octanol–water partition coefficient (Wildman–Crippen LogP) is 1.43. The van der Waals surface area contributed by atoms with Gasteiger partial charge in [-0.05, 0) is 34.7 Å². The molecule has 7 nitrogen and oxygen atoms in total. The number of aromatic nitrogens is 3. The van der Waals surface area contributed by atoms with Crippen LogP contribution in [0.3, 0.4) is 0 Å². The van der Waals surface area contributed by atoms with E-state index in [2.05, 4.69) is 37.8 Å². The maximum atomic E-state index is 5.65. The Kier molecular flexibility index (Phi) is 3.95. The number of hydrazone groups is 1. The van der Waals surface area contributed by atoms with Crippen LogP contribution >= 0.6 is 22.6 Å². The Bertz CT molecular complexity index is 669. The van der Waals surface area contributed by atoms with Crippen molar-refractivity contribution in [1.82, 2.24) is 19.8 Å². The van der Waals surface area contributed by atoms with Crippen molar-refractivity contribution in [2.75, 3.05) is 27.3 Å². The number of benzene rings is 1. The van der Waals surface area contributed by atoms with Gasteiger partial charge in [-0.15, -0.1) is 0 Å². The van der Waals surface area contributed by atoms with E-state index in [1.165, 1.54) is 6.33 Å². The number of fused-ring (bicyclic) bond motifs is 1. The zero-order valence-corrected chi connectivity index (χ0v) is 13.8. The van der Waals surface area contributed by atoms with Crippen molar-refractivity contribution < 1.29 is 9.47 Å². The molecule has 0 unspecified atom stereocenters. The van der Waals surface area contributed by atoms with Crippen molar-refractivity contribution in [1.29, 1.82) is 0 Å². The highest BCUT2D eigenvalue weighted by Crippen LogP contribution is 2.34. The van der Waals surface area contributed by atoms with Crippen molar-refractivity contribution >= 4 is 28.4 Å². The second-order valence-electron chi connectivity index (χ2n) is 4.59. The third-order valence-electron chi connectivity index (χ3n) is 2.80. The first-order valence-corrected chi connectivity index (χ1v) is 7.43. The molecule has 110 valence electrons. The van der Waals surface area contributed by atoms with Crippen LogP contribution in [0, 0.1) is 3.57 Å². The maximum Gasteiger partial charge on any atom is 0.183 e. The fourth-order valence-corrected chi connectivity index (χ4v) is 2.65. The van der Waals surface area contributed by atoms with E-state index in [4.69, 9.17) is 9.47 Å². The molecule has 0 saturated carbocycles. The van der Waals surface area contributed by atoms with Gasteiger partial charge in [0.25, 0.3) is 0 Å². The summed E-state index contributed by atoms with van der Waals surface area (Å²) in [4.78, 5) is 3.99. The van der Waals surface area contributed by atoms with Crippen LogP contribution in [-0.2, 0) is 0 Å². The zero-order chi connectivity index (χ0) is 14.8. The highest BCUT2D eigenvalue weighted by Gasteiger charge is 2.19. The summed E-state index contributed by atoms with van der Waals surface area (Å²) in [6.07, 6.45) is 3.10. The second-order valence-corrected chi connectivity index (χ2v) is 5.75. The van der Waals surface area contributed by atoms with Gasteiger partial charge in [-0.1, -0.05) is 0 Å². The molecule has 0 amide bonds. The van der Waals surface area contributed by atoms with Crippen molar-refractivity contribution in [2.24, 2.45) is 5.10 Å². The molecule has 2 aromatic rings. The zero-order valence-electron chi connectivity index (χ0n) is 11.7. The Morgan fingerprint density at radius 1 is 1.29 bits per heavy atom. The van der Waals surface area contributed by atoms with Gasteiger partial charge in [0.05, 0.1) is 0 Å². The van der Waals surface area contributed by atoms with Gasteiger partial charge in [0.1, 0.15) is 25.9 Å². The molecule has 3 rings (SSSR count). The van der Waals surface area contributed by atoms with Crippen LogP contribution in [0.1, 0.15) is 5.56 Å². The highest BCUT2D eigenvalue weighted by molar-refractivity contribution is 14.1. The van der Waals surface area contributed by atoms with E-state index in [1.807, 2.05) is 26.2 Å². The Labute approximate surface area is 135 Å². The van der Waals surface area contributed by atoms with Crippen LogP contribution in [0.15, 0.2) is 29.9 Å². The molecular weight excluding hydrogens is 385 g/mol. The van der Waals surface area contributed by atoms with E-state index in [9.17, 15) is 0 Å². The van der Waals surface area contributed by atoms with Gasteiger partial charge >= 0.3 is 0 Å². The van der Waals surface area contributed by atoms with Gasteiger partial charge < -0.3 is 14.5 Å². The molecule has 0 fully saturated rings. The van der Waals surface area contributed by atoms with E-state index in [0.717, 1.165) is 20.6 Å². The molecule has 21 heavy (non-hydrogen) atoms.